The van der Waals surface area contributed by atoms with Crippen LogP contribution in [0.2, 0.25) is 0 Å². The SMILES string of the molecule is C=CCN(Cc1ccc(C#N)cc1)C(=O)CN(C)C(=O)c1ccc(Br)s1. The fraction of sp³-hybridized carbons (Fsp3) is 0.211. The molecule has 0 N–H and O–H groups in total. The first-order valence-corrected chi connectivity index (χ1v) is 9.44. The molecule has 0 bridgehead atoms. The summed E-state index contributed by atoms with van der Waals surface area (Å²) >= 11 is 4.67. The van der Waals surface area contributed by atoms with Crippen molar-refractivity contribution in [3.63, 3.8) is 0 Å². The maximum Gasteiger partial charge on any atom is 0.264 e. The van der Waals surface area contributed by atoms with Gasteiger partial charge >= 0.3 is 0 Å². The van der Waals surface area contributed by atoms with Gasteiger partial charge in [-0.25, -0.2) is 0 Å². The van der Waals surface area contributed by atoms with Gasteiger partial charge in [-0.15, -0.1) is 17.9 Å². The summed E-state index contributed by atoms with van der Waals surface area (Å²) in [5.74, 6) is -0.355. The Morgan fingerprint density at radius 2 is 1.96 bits per heavy atom. The highest BCUT2D eigenvalue weighted by Crippen LogP contribution is 2.23. The Hall–Kier alpha value is -2.43. The zero-order valence-electron chi connectivity index (χ0n) is 14.3. The van der Waals surface area contributed by atoms with Gasteiger partial charge in [0.15, 0.2) is 0 Å². The molecule has 5 nitrogen and oxygen atoms in total. The topological polar surface area (TPSA) is 64.4 Å². The van der Waals surface area contributed by atoms with E-state index in [1.54, 1.807) is 36.2 Å². The van der Waals surface area contributed by atoms with Crippen LogP contribution in [0.1, 0.15) is 20.8 Å². The second-order valence-electron chi connectivity index (χ2n) is 5.64. The first-order chi connectivity index (χ1) is 12.4. The summed E-state index contributed by atoms with van der Waals surface area (Å²) in [4.78, 5) is 28.7. The highest BCUT2D eigenvalue weighted by Gasteiger charge is 2.20. The lowest BCUT2D eigenvalue weighted by molar-refractivity contribution is -0.131. The van der Waals surface area contributed by atoms with Gasteiger partial charge in [-0.05, 0) is 45.8 Å². The summed E-state index contributed by atoms with van der Waals surface area (Å²) in [6, 6.07) is 12.7. The minimum Gasteiger partial charge on any atom is -0.333 e. The minimum atomic E-state index is -0.189. The van der Waals surface area contributed by atoms with E-state index in [0.717, 1.165) is 9.35 Å². The smallest absolute Gasteiger partial charge is 0.264 e. The summed E-state index contributed by atoms with van der Waals surface area (Å²) in [7, 11) is 1.61. The Labute approximate surface area is 165 Å². The molecule has 0 saturated carbocycles. The van der Waals surface area contributed by atoms with Crippen molar-refractivity contribution < 1.29 is 9.59 Å². The van der Waals surface area contributed by atoms with Gasteiger partial charge in [-0.2, -0.15) is 5.26 Å². The van der Waals surface area contributed by atoms with Crippen LogP contribution in [0, 0.1) is 11.3 Å². The molecule has 2 aromatic rings. The molecule has 0 aliphatic rings. The molecule has 0 aliphatic carbocycles. The van der Waals surface area contributed by atoms with Crippen LogP contribution in [0.5, 0.6) is 0 Å². The van der Waals surface area contributed by atoms with Crippen LogP contribution in [0.3, 0.4) is 0 Å². The number of rotatable bonds is 7. The second-order valence-corrected chi connectivity index (χ2v) is 8.10. The van der Waals surface area contributed by atoms with E-state index in [4.69, 9.17) is 5.26 Å². The molecule has 7 heteroatoms. The predicted molar refractivity (Wildman–Crippen MR) is 106 cm³/mol. The molecule has 26 heavy (non-hydrogen) atoms. The maximum absolute atomic E-state index is 12.6. The van der Waals surface area contributed by atoms with E-state index in [2.05, 4.69) is 28.6 Å². The first-order valence-electron chi connectivity index (χ1n) is 7.83. The summed E-state index contributed by atoms with van der Waals surface area (Å²) < 4.78 is 0.870. The van der Waals surface area contributed by atoms with Gasteiger partial charge in [-0.3, -0.25) is 9.59 Å². The highest BCUT2D eigenvalue weighted by molar-refractivity contribution is 9.11. The number of benzene rings is 1. The average Bonchev–Trinajstić information content (AvgIpc) is 3.07. The number of hydrogen-bond acceptors (Lipinski definition) is 4. The first kappa shape index (κ1) is 19.9. The third kappa shape index (κ3) is 5.28. The lowest BCUT2D eigenvalue weighted by atomic mass is 10.1. The van der Waals surface area contributed by atoms with Crippen LogP contribution in [-0.4, -0.2) is 41.8 Å². The largest absolute Gasteiger partial charge is 0.333 e. The summed E-state index contributed by atoms with van der Waals surface area (Å²) in [5.41, 5.74) is 1.48. The highest BCUT2D eigenvalue weighted by atomic mass is 79.9. The van der Waals surface area contributed by atoms with Gasteiger partial charge in [0.25, 0.3) is 5.91 Å². The fourth-order valence-corrected chi connectivity index (χ4v) is 3.69. The van der Waals surface area contributed by atoms with E-state index in [0.29, 0.717) is 23.5 Å². The molecule has 2 amide bonds. The fourth-order valence-electron chi connectivity index (χ4n) is 2.31. The van der Waals surface area contributed by atoms with Gasteiger partial charge in [0.05, 0.1) is 26.8 Å². The standard InChI is InChI=1S/C19H18BrN3O2S/c1-3-10-23(12-15-6-4-14(11-21)5-7-15)18(24)13-22(2)19(25)16-8-9-17(20)26-16/h3-9H,1,10,12-13H2,2H3. The van der Waals surface area contributed by atoms with Crippen LogP contribution in [0.15, 0.2) is 52.8 Å². The summed E-state index contributed by atoms with van der Waals surface area (Å²) in [5, 5.41) is 8.86. The number of amides is 2. The Kier molecular flexibility index (Phi) is 7.13. The van der Waals surface area contributed by atoms with E-state index < -0.39 is 0 Å². The van der Waals surface area contributed by atoms with E-state index in [1.807, 2.05) is 18.2 Å². The maximum atomic E-state index is 12.6. The molecule has 0 spiro atoms. The van der Waals surface area contributed by atoms with E-state index in [-0.39, 0.29) is 18.4 Å². The van der Waals surface area contributed by atoms with Crippen LogP contribution in [0.4, 0.5) is 0 Å². The Balaban J connectivity index is 2.03. The number of likely N-dealkylation sites (N-methyl/N-ethyl adjacent to an activating group) is 1. The Bertz CT molecular complexity index is 839. The van der Waals surface area contributed by atoms with Crippen LogP contribution in [0.25, 0.3) is 0 Å². The molecule has 0 atom stereocenters. The van der Waals surface area contributed by atoms with Crippen molar-refractivity contribution in [2.24, 2.45) is 0 Å². The lowest BCUT2D eigenvalue weighted by Crippen LogP contribution is -2.40. The van der Waals surface area contributed by atoms with Crippen molar-refractivity contribution in [2.75, 3.05) is 20.1 Å². The number of nitrogens with zero attached hydrogens (tertiary/aromatic N) is 3. The van der Waals surface area contributed by atoms with Crippen LogP contribution >= 0.6 is 27.3 Å². The molecule has 0 aliphatic heterocycles. The molecule has 1 aromatic heterocycles. The Morgan fingerprint density at radius 1 is 1.27 bits per heavy atom. The van der Waals surface area contributed by atoms with Crippen molar-refractivity contribution in [2.45, 2.75) is 6.54 Å². The molecule has 0 fully saturated rings. The second kappa shape index (κ2) is 9.32. The molecule has 134 valence electrons. The van der Waals surface area contributed by atoms with Gasteiger partial charge in [0.2, 0.25) is 5.91 Å². The number of carbonyl (C=O) groups excluding carboxylic acids is 2. The quantitative estimate of drug-likeness (QED) is 0.628. The molecule has 0 saturated heterocycles. The predicted octanol–water partition coefficient (Wildman–Crippen LogP) is 3.67. The number of hydrogen-bond donors (Lipinski definition) is 0. The molecule has 2 rings (SSSR count). The van der Waals surface area contributed by atoms with E-state index in [1.165, 1.54) is 16.2 Å². The van der Waals surface area contributed by atoms with E-state index >= 15 is 0 Å². The molecule has 1 aromatic carbocycles. The van der Waals surface area contributed by atoms with Crippen molar-refractivity contribution >= 4 is 39.1 Å². The average molecular weight is 432 g/mol. The number of halogens is 1. The van der Waals surface area contributed by atoms with Gasteiger partial charge in [0, 0.05) is 20.1 Å². The monoisotopic (exact) mass is 431 g/mol. The molecule has 0 radical (unpaired) electrons. The van der Waals surface area contributed by atoms with Gasteiger partial charge in [0.1, 0.15) is 0 Å². The minimum absolute atomic E-state index is 0.0154. The zero-order chi connectivity index (χ0) is 19.1. The normalized spacial score (nSPS) is 10.0. The molecule has 1 heterocycles. The molecular weight excluding hydrogens is 414 g/mol. The van der Waals surface area contributed by atoms with Crippen LogP contribution < -0.4 is 0 Å². The number of nitriles is 1. The van der Waals surface area contributed by atoms with Crippen molar-refractivity contribution in [1.82, 2.24) is 9.80 Å². The van der Waals surface area contributed by atoms with E-state index in [9.17, 15) is 9.59 Å². The number of carbonyl (C=O) groups is 2. The number of thiophene rings is 1. The zero-order valence-corrected chi connectivity index (χ0v) is 16.7. The lowest BCUT2D eigenvalue weighted by Gasteiger charge is -2.24. The third-order valence-corrected chi connectivity index (χ3v) is 5.27. The third-order valence-electron chi connectivity index (χ3n) is 3.66. The molecule has 0 unspecified atom stereocenters. The summed E-state index contributed by atoms with van der Waals surface area (Å²) in [6.07, 6.45) is 1.65. The molecular formula is C19H18BrN3O2S. The van der Waals surface area contributed by atoms with Gasteiger partial charge < -0.3 is 9.80 Å². The van der Waals surface area contributed by atoms with Crippen molar-refractivity contribution in [1.29, 1.82) is 5.26 Å². The summed E-state index contributed by atoms with van der Waals surface area (Å²) in [6.45, 7) is 4.45. The van der Waals surface area contributed by atoms with Crippen molar-refractivity contribution in [3.05, 3.63) is 68.8 Å². The Morgan fingerprint density at radius 3 is 2.50 bits per heavy atom. The van der Waals surface area contributed by atoms with Crippen molar-refractivity contribution in [3.8, 4) is 6.07 Å². The van der Waals surface area contributed by atoms with Gasteiger partial charge in [-0.1, -0.05) is 18.2 Å². The van der Waals surface area contributed by atoms with Crippen LogP contribution in [-0.2, 0) is 11.3 Å².